The molecule has 180 valence electrons. The van der Waals surface area contributed by atoms with Gasteiger partial charge in [0.25, 0.3) is 0 Å². The topological polar surface area (TPSA) is 149 Å². The molecule has 1 unspecified atom stereocenters. The van der Waals surface area contributed by atoms with Crippen molar-refractivity contribution in [3.63, 3.8) is 0 Å². The highest BCUT2D eigenvalue weighted by molar-refractivity contribution is 6.03. The quantitative estimate of drug-likeness (QED) is 0.373. The summed E-state index contributed by atoms with van der Waals surface area (Å²) in [6.45, 7) is 0. The second kappa shape index (κ2) is 9.34. The Bertz CT molecular complexity index is 1470. The van der Waals surface area contributed by atoms with E-state index in [-0.39, 0.29) is 22.3 Å². The number of allylic oxidation sites excluding steroid dienone is 4. The molecular formula is C28H20O8. The van der Waals surface area contributed by atoms with Crippen LogP contribution in [0, 0.1) is 0 Å². The monoisotopic (exact) mass is 484 g/mol. The summed E-state index contributed by atoms with van der Waals surface area (Å²) in [7, 11) is 0. The summed E-state index contributed by atoms with van der Waals surface area (Å²) in [6.07, 6.45) is 5.85. The van der Waals surface area contributed by atoms with Gasteiger partial charge in [0.05, 0.1) is 22.3 Å². The lowest BCUT2D eigenvalue weighted by atomic mass is 9.68. The Balaban J connectivity index is 1.83. The van der Waals surface area contributed by atoms with Gasteiger partial charge in [-0.25, -0.2) is 19.2 Å². The zero-order valence-corrected chi connectivity index (χ0v) is 18.7. The van der Waals surface area contributed by atoms with Crippen LogP contribution in [0.3, 0.4) is 0 Å². The van der Waals surface area contributed by atoms with Gasteiger partial charge in [0.15, 0.2) is 0 Å². The Labute approximate surface area is 205 Å². The van der Waals surface area contributed by atoms with Crippen LogP contribution in [-0.2, 0) is 5.41 Å². The Hall–Kier alpha value is -4.98. The largest absolute Gasteiger partial charge is 0.478 e. The molecule has 4 rings (SSSR count). The molecule has 0 saturated carbocycles. The maximum Gasteiger partial charge on any atom is 0.336 e. The molecule has 0 fully saturated rings. The molecule has 8 nitrogen and oxygen atoms in total. The SMILES string of the molecule is O=C(O)c1ccc(C2=CCC(c3ccccc3)(c3ccc(C(=O)O)c(C(=O)O)c3)C=C2)cc1C(=O)O. The average molecular weight is 484 g/mol. The van der Waals surface area contributed by atoms with Crippen molar-refractivity contribution >= 4 is 29.5 Å². The third-order valence-corrected chi connectivity index (χ3v) is 6.29. The fourth-order valence-corrected chi connectivity index (χ4v) is 4.46. The van der Waals surface area contributed by atoms with Crippen LogP contribution >= 0.6 is 0 Å². The van der Waals surface area contributed by atoms with Gasteiger partial charge in [0, 0.05) is 5.41 Å². The first-order valence-electron chi connectivity index (χ1n) is 10.8. The number of carboxylic acid groups (broad SMARTS) is 4. The van der Waals surface area contributed by atoms with Gasteiger partial charge in [0.2, 0.25) is 0 Å². The normalized spacial score (nSPS) is 16.7. The highest BCUT2D eigenvalue weighted by Gasteiger charge is 2.34. The Morgan fingerprint density at radius 1 is 0.611 bits per heavy atom. The van der Waals surface area contributed by atoms with Crippen molar-refractivity contribution in [3.05, 3.63) is 124 Å². The predicted molar refractivity (Wildman–Crippen MR) is 130 cm³/mol. The third kappa shape index (κ3) is 4.27. The molecule has 0 amide bonds. The van der Waals surface area contributed by atoms with E-state index in [9.17, 15) is 39.6 Å². The van der Waals surface area contributed by atoms with Gasteiger partial charge in [-0.15, -0.1) is 0 Å². The smallest absolute Gasteiger partial charge is 0.336 e. The molecule has 1 atom stereocenters. The van der Waals surface area contributed by atoms with E-state index in [0.717, 1.165) is 5.56 Å². The summed E-state index contributed by atoms with van der Waals surface area (Å²) < 4.78 is 0. The molecule has 3 aromatic rings. The van der Waals surface area contributed by atoms with Gasteiger partial charge in [0.1, 0.15) is 0 Å². The maximum atomic E-state index is 11.8. The molecule has 0 heterocycles. The number of carboxylic acids is 4. The Kier molecular flexibility index (Phi) is 6.27. The van der Waals surface area contributed by atoms with E-state index >= 15 is 0 Å². The second-order valence-corrected chi connectivity index (χ2v) is 8.28. The lowest BCUT2D eigenvalue weighted by Crippen LogP contribution is -2.27. The van der Waals surface area contributed by atoms with Crippen molar-refractivity contribution < 1.29 is 39.6 Å². The molecule has 0 spiro atoms. The molecule has 3 aromatic carbocycles. The molecule has 0 radical (unpaired) electrons. The van der Waals surface area contributed by atoms with Crippen molar-refractivity contribution in [1.29, 1.82) is 0 Å². The molecule has 1 aliphatic rings. The number of benzene rings is 3. The van der Waals surface area contributed by atoms with Gasteiger partial charge in [-0.2, -0.15) is 0 Å². The third-order valence-electron chi connectivity index (χ3n) is 6.29. The minimum Gasteiger partial charge on any atom is -0.478 e. The van der Waals surface area contributed by atoms with Crippen molar-refractivity contribution in [3.8, 4) is 0 Å². The lowest BCUT2D eigenvalue weighted by molar-refractivity contribution is 0.0651. The lowest BCUT2D eigenvalue weighted by Gasteiger charge is -2.34. The van der Waals surface area contributed by atoms with Crippen molar-refractivity contribution in [1.82, 2.24) is 0 Å². The van der Waals surface area contributed by atoms with Crippen LogP contribution in [0.25, 0.3) is 5.57 Å². The first-order chi connectivity index (χ1) is 17.1. The van der Waals surface area contributed by atoms with Crippen LogP contribution in [0.5, 0.6) is 0 Å². The number of hydrogen-bond donors (Lipinski definition) is 4. The highest BCUT2D eigenvalue weighted by Crippen LogP contribution is 2.42. The number of rotatable bonds is 7. The summed E-state index contributed by atoms with van der Waals surface area (Å²) in [5.74, 6) is -5.39. The fourth-order valence-electron chi connectivity index (χ4n) is 4.46. The molecule has 0 aliphatic heterocycles. The average Bonchev–Trinajstić information content (AvgIpc) is 2.88. The van der Waals surface area contributed by atoms with Crippen LogP contribution in [0.15, 0.2) is 85.0 Å². The summed E-state index contributed by atoms with van der Waals surface area (Å²) >= 11 is 0. The van der Waals surface area contributed by atoms with E-state index in [1.165, 1.54) is 30.3 Å². The molecule has 0 aromatic heterocycles. The van der Waals surface area contributed by atoms with Gasteiger partial charge >= 0.3 is 23.9 Å². The van der Waals surface area contributed by atoms with E-state index in [2.05, 4.69) is 0 Å². The summed E-state index contributed by atoms with van der Waals surface area (Å²) in [5.41, 5.74) is 0.513. The fraction of sp³-hybridized carbons (Fsp3) is 0.0714. The van der Waals surface area contributed by atoms with E-state index in [0.29, 0.717) is 23.1 Å². The molecule has 0 saturated heterocycles. The molecule has 4 N–H and O–H groups in total. The minimum atomic E-state index is -1.35. The zero-order valence-electron chi connectivity index (χ0n) is 18.7. The molecular weight excluding hydrogens is 464 g/mol. The van der Waals surface area contributed by atoms with E-state index in [4.69, 9.17) is 0 Å². The van der Waals surface area contributed by atoms with Gasteiger partial charge in [-0.1, -0.05) is 60.7 Å². The minimum absolute atomic E-state index is 0.315. The number of carbonyl (C=O) groups is 4. The standard InChI is InChI=1S/C28H20O8/c29-24(30)20-8-6-17(14-22(20)26(33)34)16-10-12-28(13-11-16,18-4-2-1-3-5-18)19-7-9-21(25(31)32)23(15-19)27(35)36/h1-12,14-15H,13H2,(H,29,30)(H,31,32)(H,33,34)(H,35,36). The van der Waals surface area contributed by atoms with Crippen molar-refractivity contribution in [2.75, 3.05) is 0 Å². The Morgan fingerprint density at radius 2 is 1.17 bits per heavy atom. The van der Waals surface area contributed by atoms with Crippen LogP contribution in [-0.4, -0.2) is 44.3 Å². The van der Waals surface area contributed by atoms with Gasteiger partial charge < -0.3 is 20.4 Å². The van der Waals surface area contributed by atoms with Crippen LogP contribution in [0.4, 0.5) is 0 Å². The number of aromatic carboxylic acids is 4. The molecule has 1 aliphatic carbocycles. The number of hydrogen-bond acceptors (Lipinski definition) is 4. The molecule has 8 heteroatoms. The molecule has 36 heavy (non-hydrogen) atoms. The van der Waals surface area contributed by atoms with Gasteiger partial charge in [-0.05, 0) is 52.9 Å². The summed E-state index contributed by atoms with van der Waals surface area (Å²) in [4.78, 5) is 46.3. The summed E-state index contributed by atoms with van der Waals surface area (Å²) in [6, 6.07) is 17.6. The Morgan fingerprint density at radius 3 is 1.69 bits per heavy atom. The molecule has 0 bridgehead atoms. The van der Waals surface area contributed by atoms with E-state index in [1.54, 1.807) is 12.1 Å². The highest BCUT2D eigenvalue weighted by atomic mass is 16.4. The van der Waals surface area contributed by atoms with E-state index < -0.39 is 29.3 Å². The maximum absolute atomic E-state index is 11.8. The second-order valence-electron chi connectivity index (χ2n) is 8.28. The van der Waals surface area contributed by atoms with Gasteiger partial charge in [-0.3, -0.25) is 0 Å². The zero-order chi connectivity index (χ0) is 26.0. The van der Waals surface area contributed by atoms with Crippen molar-refractivity contribution in [2.24, 2.45) is 0 Å². The van der Waals surface area contributed by atoms with Crippen molar-refractivity contribution in [2.45, 2.75) is 11.8 Å². The van der Waals surface area contributed by atoms with E-state index in [1.807, 2.05) is 42.5 Å². The predicted octanol–water partition coefficient (Wildman–Crippen LogP) is 4.81. The first-order valence-corrected chi connectivity index (χ1v) is 10.8. The summed E-state index contributed by atoms with van der Waals surface area (Å²) in [5, 5.41) is 37.8. The van der Waals surface area contributed by atoms with Crippen LogP contribution in [0.2, 0.25) is 0 Å². The van der Waals surface area contributed by atoms with Crippen LogP contribution < -0.4 is 0 Å². The van der Waals surface area contributed by atoms with Crippen LogP contribution in [0.1, 0.15) is 64.5 Å². The first kappa shape index (κ1) is 24.2.